The highest BCUT2D eigenvalue weighted by Crippen LogP contribution is 2.47. The molecule has 0 aliphatic carbocycles. The molecule has 0 aromatic heterocycles. The van der Waals surface area contributed by atoms with Gasteiger partial charge in [-0.05, 0) is 5.56 Å². The number of aliphatic hydroxyl groups is 1. The zero-order valence-corrected chi connectivity index (χ0v) is 16.0. The second kappa shape index (κ2) is 8.09. The Morgan fingerprint density at radius 2 is 2.04 bits per heavy atom. The summed E-state index contributed by atoms with van der Waals surface area (Å²) in [6.07, 6.45) is 5.12. The van der Waals surface area contributed by atoms with Crippen molar-refractivity contribution in [2.24, 2.45) is 0 Å². The summed E-state index contributed by atoms with van der Waals surface area (Å²) in [4.78, 5) is 37.8. The van der Waals surface area contributed by atoms with Crippen LogP contribution in [-0.4, -0.2) is 51.2 Å². The Hall–Kier alpha value is -2.76. The Morgan fingerprint density at radius 3 is 2.68 bits per heavy atom. The molecular weight excluding hydrogens is 382 g/mol. The number of hydrogen-bond donors (Lipinski definition) is 1. The van der Waals surface area contributed by atoms with E-state index in [0.717, 1.165) is 5.56 Å². The topological polar surface area (TPSA) is 93.1 Å². The van der Waals surface area contributed by atoms with Crippen molar-refractivity contribution in [2.75, 3.05) is 12.4 Å². The molecule has 1 aromatic rings. The minimum Gasteiger partial charge on any atom is -0.461 e. The van der Waals surface area contributed by atoms with Gasteiger partial charge in [0.25, 0.3) is 5.91 Å². The minimum absolute atomic E-state index is 0.00706. The van der Waals surface area contributed by atoms with Gasteiger partial charge in [0.15, 0.2) is 5.60 Å². The number of rotatable bonds is 6. The molecule has 0 unspecified atom stereocenters. The molecule has 1 amide bonds. The Balaban J connectivity index is 1.84. The normalized spacial score (nSPS) is 23.4. The largest absolute Gasteiger partial charge is 0.461 e. The lowest BCUT2D eigenvalue weighted by molar-refractivity contribution is -0.178. The molecular formula is C20H19NO6S. The third-order valence-corrected chi connectivity index (χ3v) is 5.88. The lowest BCUT2D eigenvalue weighted by atomic mass is 9.87. The Bertz CT molecular complexity index is 874. The van der Waals surface area contributed by atoms with E-state index in [4.69, 9.17) is 15.9 Å². The lowest BCUT2D eigenvalue weighted by Gasteiger charge is -2.54. The third kappa shape index (κ3) is 3.63. The fraction of sp³-hybridized carbons (Fsp3) is 0.350. The van der Waals surface area contributed by atoms with Crippen molar-refractivity contribution in [1.29, 1.82) is 0 Å². The Kier molecular flexibility index (Phi) is 5.77. The van der Waals surface area contributed by atoms with Crippen LogP contribution in [0.25, 0.3) is 0 Å². The molecule has 0 saturated carbocycles. The van der Waals surface area contributed by atoms with Crippen molar-refractivity contribution in [3.63, 3.8) is 0 Å². The number of fused-ring (bicyclic) bond motifs is 1. The molecule has 0 bridgehead atoms. The van der Waals surface area contributed by atoms with Crippen LogP contribution in [-0.2, 0) is 30.5 Å². The number of β-lactam (4-membered cyclic amide) rings is 1. The van der Waals surface area contributed by atoms with Gasteiger partial charge in [-0.2, -0.15) is 0 Å². The Labute approximate surface area is 166 Å². The van der Waals surface area contributed by atoms with Gasteiger partial charge in [0.1, 0.15) is 24.3 Å². The van der Waals surface area contributed by atoms with Gasteiger partial charge in [0.05, 0.1) is 0 Å². The quantitative estimate of drug-likeness (QED) is 0.435. The molecule has 2 aliphatic heterocycles. The average molecular weight is 401 g/mol. The number of esters is 2. The van der Waals surface area contributed by atoms with Crippen LogP contribution < -0.4 is 0 Å². The molecule has 1 N–H and O–H groups in total. The van der Waals surface area contributed by atoms with E-state index in [1.807, 2.05) is 18.2 Å². The van der Waals surface area contributed by atoms with E-state index >= 15 is 0 Å². The molecule has 2 heterocycles. The van der Waals surface area contributed by atoms with Crippen molar-refractivity contribution in [3.8, 4) is 12.3 Å². The van der Waals surface area contributed by atoms with Crippen LogP contribution in [0.3, 0.4) is 0 Å². The SMILES string of the molecule is C#CC[C@@]1(O)C(=O)N2C(C(=O)OCc3ccccc3)=C(COC(C)=O)CS[C@@H]21. The van der Waals surface area contributed by atoms with Gasteiger partial charge in [0, 0.05) is 24.7 Å². The van der Waals surface area contributed by atoms with Gasteiger partial charge in [-0.15, -0.1) is 24.1 Å². The number of nitrogens with zero attached hydrogens (tertiary/aromatic N) is 1. The number of thioether (sulfide) groups is 1. The first kappa shape index (κ1) is 20.0. The van der Waals surface area contributed by atoms with E-state index < -0.39 is 28.8 Å². The first-order valence-corrected chi connectivity index (χ1v) is 9.61. The van der Waals surface area contributed by atoms with Crippen LogP contribution in [0.5, 0.6) is 0 Å². The number of terminal acetylenes is 1. The van der Waals surface area contributed by atoms with E-state index in [1.54, 1.807) is 12.1 Å². The predicted molar refractivity (Wildman–Crippen MR) is 101 cm³/mol. The fourth-order valence-electron chi connectivity index (χ4n) is 3.07. The van der Waals surface area contributed by atoms with Crippen molar-refractivity contribution < 1.29 is 29.0 Å². The number of carbonyl (C=O) groups is 3. The minimum atomic E-state index is -1.71. The molecule has 7 nitrogen and oxygen atoms in total. The number of hydrogen-bond acceptors (Lipinski definition) is 7. The second-order valence-corrected chi connectivity index (χ2v) is 7.51. The Morgan fingerprint density at radius 1 is 1.32 bits per heavy atom. The van der Waals surface area contributed by atoms with Crippen LogP contribution in [0.15, 0.2) is 41.6 Å². The molecule has 2 atom stereocenters. The number of ether oxygens (including phenoxy) is 2. The van der Waals surface area contributed by atoms with Gasteiger partial charge < -0.3 is 14.6 Å². The highest BCUT2D eigenvalue weighted by Gasteiger charge is 2.63. The lowest BCUT2D eigenvalue weighted by Crippen LogP contribution is -2.73. The number of benzene rings is 1. The maximum Gasteiger partial charge on any atom is 0.355 e. The molecule has 1 aromatic carbocycles. The summed E-state index contributed by atoms with van der Waals surface area (Å²) in [5.41, 5.74) is -0.464. The molecule has 0 radical (unpaired) electrons. The molecule has 0 spiro atoms. The standard InChI is InChI=1S/C20H19NO6S/c1-3-9-20(25)18(24)21-16(15(11-26-13(2)22)12-28-19(20)21)17(23)27-10-14-7-5-4-6-8-14/h1,4-8,19,25H,9-12H2,2H3/t19-,20-/m1/s1. The first-order chi connectivity index (χ1) is 13.4. The maximum atomic E-state index is 12.8. The summed E-state index contributed by atoms with van der Waals surface area (Å²) < 4.78 is 10.4. The van der Waals surface area contributed by atoms with Crippen LogP contribution >= 0.6 is 11.8 Å². The predicted octanol–water partition coefficient (Wildman–Crippen LogP) is 1.22. The summed E-state index contributed by atoms with van der Waals surface area (Å²) in [5.74, 6) is 0.722. The monoisotopic (exact) mass is 401 g/mol. The highest BCUT2D eigenvalue weighted by atomic mass is 32.2. The smallest absolute Gasteiger partial charge is 0.355 e. The van der Waals surface area contributed by atoms with Crippen LogP contribution in [0.1, 0.15) is 18.9 Å². The molecule has 8 heteroatoms. The van der Waals surface area contributed by atoms with Gasteiger partial charge in [-0.25, -0.2) is 4.79 Å². The van der Waals surface area contributed by atoms with E-state index in [2.05, 4.69) is 5.92 Å². The molecule has 146 valence electrons. The summed E-state index contributed by atoms with van der Waals surface area (Å²) in [6.45, 7) is 1.15. The zero-order chi connectivity index (χ0) is 20.3. The molecule has 28 heavy (non-hydrogen) atoms. The van der Waals surface area contributed by atoms with Gasteiger partial charge in [-0.1, -0.05) is 30.3 Å². The molecule has 2 aliphatic rings. The summed E-state index contributed by atoms with van der Waals surface area (Å²) in [7, 11) is 0. The van der Waals surface area contributed by atoms with Crippen LogP contribution in [0, 0.1) is 12.3 Å². The summed E-state index contributed by atoms with van der Waals surface area (Å²) >= 11 is 1.26. The molecule has 1 saturated heterocycles. The van der Waals surface area contributed by atoms with E-state index in [9.17, 15) is 19.5 Å². The number of amides is 1. The van der Waals surface area contributed by atoms with Crippen LogP contribution in [0.4, 0.5) is 0 Å². The average Bonchev–Trinajstić information content (AvgIpc) is 2.70. The van der Waals surface area contributed by atoms with Crippen molar-refractivity contribution in [2.45, 2.75) is 30.9 Å². The summed E-state index contributed by atoms with van der Waals surface area (Å²) in [6, 6.07) is 9.10. The molecule has 1 fully saturated rings. The van der Waals surface area contributed by atoms with Crippen molar-refractivity contribution in [1.82, 2.24) is 4.90 Å². The van der Waals surface area contributed by atoms with Gasteiger partial charge >= 0.3 is 11.9 Å². The van der Waals surface area contributed by atoms with E-state index in [1.165, 1.54) is 23.6 Å². The first-order valence-electron chi connectivity index (χ1n) is 8.56. The van der Waals surface area contributed by atoms with Crippen molar-refractivity contribution >= 4 is 29.6 Å². The number of carbonyl (C=O) groups excluding carboxylic acids is 3. The fourth-order valence-corrected chi connectivity index (χ4v) is 4.46. The van der Waals surface area contributed by atoms with Gasteiger partial charge in [-0.3, -0.25) is 14.5 Å². The van der Waals surface area contributed by atoms with Crippen LogP contribution in [0.2, 0.25) is 0 Å². The zero-order valence-electron chi connectivity index (χ0n) is 15.2. The van der Waals surface area contributed by atoms with E-state index in [-0.39, 0.29) is 25.3 Å². The molecule has 3 rings (SSSR count). The van der Waals surface area contributed by atoms with E-state index in [0.29, 0.717) is 11.3 Å². The third-order valence-electron chi connectivity index (χ3n) is 4.45. The maximum absolute atomic E-state index is 12.8. The van der Waals surface area contributed by atoms with Gasteiger partial charge in [0.2, 0.25) is 0 Å². The van der Waals surface area contributed by atoms with Crippen molar-refractivity contribution in [3.05, 3.63) is 47.2 Å². The highest BCUT2D eigenvalue weighted by molar-refractivity contribution is 8.00. The second-order valence-electron chi connectivity index (χ2n) is 6.44. The summed E-state index contributed by atoms with van der Waals surface area (Å²) in [5, 5.41) is 9.89.